The van der Waals surface area contributed by atoms with Crippen molar-refractivity contribution in [2.24, 2.45) is 5.14 Å². The molecule has 64 valence electrons. The van der Waals surface area contributed by atoms with Crippen molar-refractivity contribution in [1.82, 2.24) is 0 Å². The van der Waals surface area contributed by atoms with Crippen molar-refractivity contribution in [3.05, 3.63) is 36.4 Å². The van der Waals surface area contributed by atoms with Crippen molar-refractivity contribution in [2.75, 3.05) is 0 Å². The molecule has 0 saturated heterocycles. The summed E-state index contributed by atoms with van der Waals surface area (Å²) in [6.07, 6.45) is 0. The molecule has 0 aromatic heterocycles. The van der Waals surface area contributed by atoms with E-state index in [0.29, 0.717) is 4.90 Å². The van der Waals surface area contributed by atoms with E-state index in [1.807, 2.05) is 19.1 Å². The third-order valence-electron chi connectivity index (χ3n) is 1.59. The third kappa shape index (κ3) is 1.77. The van der Waals surface area contributed by atoms with E-state index >= 15 is 0 Å². The van der Waals surface area contributed by atoms with Gasteiger partial charge < -0.3 is 0 Å². The molecule has 2 N–H and O–H groups in total. The summed E-state index contributed by atoms with van der Waals surface area (Å²) >= 11 is 0. The second-order valence-electron chi connectivity index (χ2n) is 2.56. The maximum atomic E-state index is 11.5. The highest BCUT2D eigenvalue weighted by molar-refractivity contribution is 7.98. The van der Waals surface area contributed by atoms with Gasteiger partial charge in [0.1, 0.15) is 0 Å². The first-order valence-electron chi connectivity index (χ1n) is 3.49. The van der Waals surface area contributed by atoms with Crippen LogP contribution in [0.2, 0.25) is 0 Å². The summed E-state index contributed by atoms with van der Waals surface area (Å²) in [7, 11) is -2.63. The molecule has 0 aliphatic heterocycles. The molecule has 3 heteroatoms. The number of aryl methyl sites for hydroxylation is 1. The fourth-order valence-electron chi connectivity index (χ4n) is 0.824. The fourth-order valence-corrected chi connectivity index (χ4v) is 1.53. The van der Waals surface area contributed by atoms with Crippen molar-refractivity contribution in [3.8, 4) is 0 Å². The molecule has 0 radical (unpaired) electrons. The first-order valence-corrected chi connectivity index (χ1v) is 5.11. The van der Waals surface area contributed by atoms with Crippen molar-refractivity contribution in [1.29, 1.82) is 0 Å². The average Bonchev–Trinajstić information content (AvgIpc) is 2.05. The lowest BCUT2D eigenvalue weighted by molar-refractivity contribution is 0.682. The van der Waals surface area contributed by atoms with Gasteiger partial charge in [-0.2, -0.15) is 0 Å². The largest absolute Gasteiger partial charge is 0.249 e. The first-order chi connectivity index (χ1) is 5.56. The Balaban J connectivity index is 3.33. The van der Waals surface area contributed by atoms with Gasteiger partial charge in [-0.1, -0.05) is 17.7 Å². The van der Waals surface area contributed by atoms with Gasteiger partial charge in [-0.25, -0.2) is 9.35 Å². The highest BCUT2D eigenvalue weighted by atomic mass is 32.2. The molecule has 1 aromatic carbocycles. The number of nitrogens with two attached hydrogens (primary N) is 1. The van der Waals surface area contributed by atoms with Crippen LogP contribution in [-0.4, -0.2) is 9.23 Å². The molecule has 1 rings (SSSR count). The Labute approximate surface area is 72.9 Å². The Morgan fingerprint density at radius 1 is 1.42 bits per heavy atom. The maximum absolute atomic E-state index is 11.5. The van der Waals surface area contributed by atoms with Crippen LogP contribution in [0.25, 0.3) is 0 Å². The normalized spacial score (nSPS) is 14.8. The highest BCUT2D eigenvalue weighted by Crippen LogP contribution is 2.07. The third-order valence-corrected chi connectivity index (χ3v) is 2.99. The van der Waals surface area contributed by atoms with Gasteiger partial charge in [-0.3, -0.25) is 0 Å². The molecular formula is C9H11NOS. The zero-order valence-electron chi connectivity index (χ0n) is 6.91. The van der Waals surface area contributed by atoms with Gasteiger partial charge in [0.05, 0.1) is 14.6 Å². The van der Waals surface area contributed by atoms with E-state index in [0.717, 1.165) is 5.56 Å². The van der Waals surface area contributed by atoms with E-state index in [9.17, 15) is 4.21 Å². The van der Waals surface area contributed by atoms with Crippen LogP contribution in [0.1, 0.15) is 5.56 Å². The maximum Gasteiger partial charge on any atom is 0.0955 e. The van der Waals surface area contributed by atoms with Crippen molar-refractivity contribution in [2.45, 2.75) is 11.8 Å². The Bertz CT molecular complexity index is 407. The highest BCUT2D eigenvalue weighted by Gasteiger charge is 2.00. The van der Waals surface area contributed by atoms with E-state index in [2.05, 4.69) is 11.6 Å². The fraction of sp³-hybridized carbons (Fsp3) is 0.111. The van der Waals surface area contributed by atoms with Crippen LogP contribution >= 0.6 is 0 Å². The van der Waals surface area contributed by atoms with E-state index in [1.165, 1.54) is 0 Å². The molecule has 0 fully saturated rings. The first kappa shape index (κ1) is 9.07. The summed E-state index contributed by atoms with van der Waals surface area (Å²) < 4.78 is 11.5. The van der Waals surface area contributed by atoms with Crippen LogP contribution in [0.3, 0.4) is 0 Å². The summed E-state index contributed by atoms with van der Waals surface area (Å²) in [5.41, 5.74) is 1.11. The smallest absolute Gasteiger partial charge is 0.0955 e. The number of benzene rings is 1. The Hall–Kier alpha value is -1.02. The summed E-state index contributed by atoms with van der Waals surface area (Å²) in [6.45, 7) is 5.26. The van der Waals surface area contributed by atoms with Crippen LogP contribution < -0.4 is 5.14 Å². The molecule has 1 unspecified atom stereocenters. The quantitative estimate of drug-likeness (QED) is 0.648. The monoisotopic (exact) mass is 181 g/mol. The number of hydrogen-bond donors (Lipinski definition) is 1. The lowest BCUT2D eigenvalue weighted by atomic mass is 10.2. The molecule has 0 bridgehead atoms. The van der Waals surface area contributed by atoms with Crippen LogP contribution in [-0.2, 0) is 9.71 Å². The van der Waals surface area contributed by atoms with Gasteiger partial charge in [0.25, 0.3) is 0 Å². The average molecular weight is 181 g/mol. The lowest BCUT2D eigenvalue weighted by Gasteiger charge is -2.01. The topological polar surface area (TPSA) is 43.1 Å². The molecule has 12 heavy (non-hydrogen) atoms. The van der Waals surface area contributed by atoms with Crippen LogP contribution in [0, 0.1) is 6.92 Å². The van der Waals surface area contributed by atoms with Gasteiger partial charge in [-0.15, -0.1) is 0 Å². The summed E-state index contributed by atoms with van der Waals surface area (Å²) in [5, 5.41) is 7.77. The predicted molar refractivity (Wildman–Crippen MR) is 52.4 cm³/mol. The van der Waals surface area contributed by atoms with Crippen LogP contribution in [0.5, 0.6) is 0 Å². The Morgan fingerprint density at radius 2 is 1.92 bits per heavy atom. The van der Waals surface area contributed by atoms with Crippen LogP contribution in [0.15, 0.2) is 35.7 Å². The SMILES string of the molecule is C=C=S(N)(=O)c1ccc(C)cc1. The van der Waals surface area contributed by atoms with Gasteiger partial charge in [0, 0.05) is 0 Å². The summed E-state index contributed by atoms with van der Waals surface area (Å²) in [5.74, 6) is 0. The second-order valence-corrected chi connectivity index (χ2v) is 4.52. The predicted octanol–water partition coefficient (Wildman–Crippen LogP) is 1.10. The Kier molecular flexibility index (Phi) is 2.38. The summed E-state index contributed by atoms with van der Waals surface area (Å²) in [4.78, 5) is 0.572. The van der Waals surface area contributed by atoms with Crippen molar-refractivity contribution in [3.63, 3.8) is 0 Å². The molecular weight excluding hydrogens is 170 g/mol. The number of hydrogen-bond acceptors (Lipinski definition) is 1. The van der Waals surface area contributed by atoms with E-state index in [4.69, 9.17) is 5.14 Å². The van der Waals surface area contributed by atoms with Crippen molar-refractivity contribution >= 4 is 14.7 Å². The lowest BCUT2D eigenvalue weighted by Crippen LogP contribution is -2.12. The Morgan fingerprint density at radius 3 is 2.33 bits per heavy atom. The minimum atomic E-state index is -2.63. The molecule has 0 aliphatic rings. The molecule has 0 aliphatic carbocycles. The van der Waals surface area contributed by atoms with E-state index in [1.54, 1.807) is 12.1 Å². The molecule has 1 atom stereocenters. The van der Waals surface area contributed by atoms with Crippen molar-refractivity contribution < 1.29 is 4.21 Å². The zero-order chi connectivity index (χ0) is 9.19. The van der Waals surface area contributed by atoms with Gasteiger partial charge >= 0.3 is 0 Å². The van der Waals surface area contributed by atoms with Gasteiger partial charge in [0.15, 0.2) is 0 Å². The van der Waals surface area contributed by atoms with Gasteiger partial charge in [-0.05, 0) is 30.7 Å². The molecule has 2 nitrogen and oxygen atoms in total. The molecule has 1 aromatic rings. The minimum absolute atomic E-state index is 0.572. The minimum Gasteiger partial charge on any atom is -0.249 e. The standard InChI is InChI=1S/C9H11NOS/c1-3-12(10,11)9-6-4-8(2)5-7-9/h4-7H,1H2,2H3,(H2,10,11). The summed E-state index contributed by atoms with van der Waals surface area (Å²) in [6, 6.07) is 7.18. The second kappa shape index (κ2) is 3.15. The van der Waals surface area contributed by atoms with E-state index < -0.39 is 9.71 Å². The van der Waals surface area contributed by atoms with Gasteiger partial charge in [0.2, 0.25) is 0 Å². The molecule has 0 amide bonds. The van der Waals surface area contributed by atoms with E-state index in [-0.39, 0.29) is 0 Å². The zero-order valence-corrected chi connectivity index (χ0v) is 7.73. The molecule has 0 spiro atoms. The molecule has 0 heterocycles. The number of rotatable bonds is 1. The van der Waals surface area contributed by atoms with Crippen LogP contribution in [0.4, 0.5) is 0 Å². The molecule has 0 saturated carbocycles.